The van der Waals surface area contributed by atoms with Crippen LogP contribution in [-0.2, 0) is 14.8 Å². The van der Waals surface area contributed by atoms with E-state index < -0.39 is 21.7 Å². The molecule has 1 aliphatic heterocycles. The van der Waals surface area contributed by atoms with Crippen molar-refractivity contribution < 1.29 is 22.3 Å². The first kappa shape index (κ1) is 22.2. The largest absolute Gasteiger partial charge is 0.378 e. The summed E-state index contributed by atoms with van der Waals surface area (Å²) in [6.07, 6.45) is 0.667. The van der Waals surface area contributed by atoms with Crippen molar-refractivity contribution in [1.82, 2.24) is 4.72 Å². The lowest BCUT2D eigenvalue weighted by Gasteiger charge is -2.29. The maximum atomic E-state index is 14.5. The first-order valence-corrected chi connectivity index (χ1v) is 11.3. The van der Waals surface area contributed by atoms with Gasteiger partial charge in [-0.1, -0.05) is 6.92 Å². The fourth-order valence-electron chi connectivity index (χ4n) is 3.05. The Balaban J connectivity index is 1.68. The van der Waals surface area contributed by atoms with Crippen molar-refractivity contribution in [1.29, 1.82) is 0 Å². The SMILES string of the molecule is CCC(C)NS(=O)(=O)c1ccc(C(=O)Nc2ccc(N3CCOCC3)c(F)c2)cc1. The molecule has 1 heterocycles. The van der Waals surface area contributed by atoms with Gasteiger partial charge in [-0.05, 0) is 55.8 Å². The van der Waals surface area contributed by atoms with Gasteiger partial charge in [-0.2, -0.15) is 0 Å². The van der Waals surface area contributed by atoms with E-state index in [1.54, 1.807) is 19.1 Å². The molecule has 0 radical (unpaired) electrons. The Morgan fingerprint density at radius 1 is 1.17 bits per heavy atom. The number of ether oxygens (including phenoxy) is 1. The van der Waals surface area contributed by atoms with Crippen LogP contribution in [0.25, 0.3) is 0 Å². The van der Waals surface area contributed by atoms with Gasteiger partial charge in [-0.25, -0.2) is 17.5 Å². The van der Waals surface area contributed by atoms with E-state index in [1.807, 2.05) is 11.8 Å². The van der Waals surface area contributed by atoms with Gasteiger partial charge in [0.2, 0.25) is 10.0 Å². The van der Waals surface area contributed by atoms with E-state index in [2.05, 4.69) is 10.0 Å². The van der Waals surface area contributed by atoms with Gasteiger partial charge in [-0.15, -0.1) is 0 Å². The Labute approximate surface area is 176 Å². The van der Waals surface area contributed by atoms with E-state index in [1.165, 1.54) is 30.3 Å². The van der Waals surface area contributed by atoms with Crippen LogP contribution in [0, 0.1) is 5.82 Å². The highest BCUT2D eigenvalue weighted by atomic mass is 32.2. The number of hydrogen-bond acceptors (Lipinski definition) is 5. The summed E-state index contributed by atoms with van der Waals surface area (Å²) >= 11 is 0. The minimum absolute atomic E-state index is 0.0836. The summed E-state index contributed by atoms with van der Waals surface area (Å²) in [5.41, 5.74) is 1.07. The lowest BCUT2D eigenvalue weighted by atomic mass is 10.2. The third kappa shape index (κ3) is 5.35. The van der Waals surface area contributed by atoms with Crippen molar-refractivity contribution in [3.05, 3.63) is 53.8 Å². The molecule has 0 aliphatic carbocycles. The van der Waals surface area contributed by atoms with Gasteiger partial charge in [0.05, 0.1) is 23.8 Å². The molecular formula is C21H26FN3O4S. The molecule has 0 saturated carbocycles. The fourth-order valence-corrected chi connectivity index (χ4v) is 4.38. The highest BCUT2D eigenvalue weighted by molar-refractivity contribution is 7.89. The Morgan fingerprint density at radius 3 is 2.43 bits per heavy atom. The molecule has 162 valence electrons. The maximum absolute atomic E-state index is 14.5. The molecule has 1 aliphatic rings. The predicted molar refractivity (Wildman–Crippen MR) is 114 cm³/mol. The Hall–Kier alpha value is -2.49. The smallest absolute Gasteiger partial charge is 0.255 e. The van der Waals surface area contributed by atoms with Crippen molar-refractivity contribution in [3.63, 3.8) is 0 Å². The van der Waals surface area contributed by atoms with Crippen LogP contribution in [0.1, 0.15) is 30.6 Å². The molecule has 1 fully saturated rings. The average molecular weight is 436 g/mol. The van der Waals surface area contributed by atoms with Crippen LogP contribution in [0.5, 0.6) is 0 Å². The van der Waals surface area contributed by atoms with E-state index in [0.29, 0.717) is 44.1 Å². The van der Waals surface area contributed by atoms with Crippen LogP contribution in [0.3, 0.4) is 0 Å². The molecule has 0 aromatic heterocycles. The minimum atomic E-state index is -3.64. The summed E-state index contributed by atoms with van der Waals surface area (Å²) in [5, 5.41) is 2.64. The molecule has 1 amide bonds. The van der Waals surface area contributed by atoms with Crippen molar-refractivity contribution in [3.8, 4) is 0 Å². The van der Waals surface area contributed by atoms with E-state index >= 15 is 0 Å². The van der Waals surface area contributed by atoms with Crippen molar-refractivity contribution in [2.45, 2.75) is 31.2 Å². The molecule has 7 nitrogen and oxygen atoms in total. The van der Waals surface area contributed by atoms with Crippen LogP contribution in [0.15, 0.2) is 47.4 Å². The molecule has 1 saturated heterocycles. The summed E-state index contributed by atoms with van der Waals surface area (Å²) in [5.74, 6) is -0.875. The van der Waals surface area contributed by atoms with Gasteiger partial charge in [-0.3, -0.25) is 4.79 Å². The number of halogens is 1. The summed E-state index contributed by atoms with van der Waals surface area (Å²) in [4.78, 5) is 14.5. The molecule has 2 N–H and O–H groups in total. The van der Waals surface area contributed by atoms with E-state index in [0.717, 1.165) is 0 Å². The third-order valence-electron chi connectivity index (χ3n) is 4.95. The predicted octanol–water partition coefficient (Wildman–Crippen LogP) is 2.99. The second kappa shape index (κ2) is 9.55. The van der Waals surface area contributed by atoms with Gasteiger partial charge in [0.25, 0.3) is 5.91 Å². The van der Waals surface area contributed by atoms with Crippen molar-refractivity contribution in [2.75, 3.05) is 36.5 Å². The molecule has 2 aromatic rings. The Morgan fingerprint density at radius 2 is 1.83 bits per heavy atom. The van der Waals surface area contributed by atoms with Gasteiger partial charge in [0.1, 0.15) is 5.82 Å². The number of nitrogens with zero attached hydrogens (tertiary/aromatic N) is 1. The molecule has 3 rings (SSSR count). The number of carbonyl (C=O) groups excluding carboxylic acids is 1. The Kier molecular flexibility index (Phi) is 7.06. The Bertz CT molecular complexity index is 990. The topological polar surface area (TPSA) is 87.7 Å². The molecule has 2 aromatic carbocycles. The van der Waals surface area contributed by atoms with Crippen molar-refractivity contribution in [2.24, 2.45) is 0 Å². The van der Waals surface area contributed by atoms with Gasteiger partial charge in [0.15, 0.2) is 0 Å². The average Bonchev–Trinajstić information content (AvgIpc) is 2.74. The van der Waals surface area contributed by atoms with E-state index in [9.17, 15) is 17.6 Å². The van der Waals surface area contributed by atoms with Crippen LogP contribution in [0.2, 0.25) is 0 Å². The number of amides is 1. The summed E-state index contributed by atoms with van der Waals surface area (Å²) < 4.78 is 47.0. The number of sulfonamides is 1. The number of benzene rings is 2. The molecule has 0 spiro atoms. The molecule has 0 bridgehead atoms. The zero-order chi connectivity index (χ0) is 21.7. The van der Waals surface area contributed by atoms with Crippen LogP contribution >= 0.6 is 0 Å². The lowest BCUT2D eigenvalue weighted by molar-refractivity contribution is 0.102. The number of rotatable bonds is 7. The lowest BCUT2D eigenvalue weighted by Crippen LogP contribution is -2.36. The normalized spacial score (nSPS) is 15.6. The molecular weight excluding hydrogens is 409 g/mol. The summed E-state index contributed by atoms with van der Waals surface area (Å²) in [6.45, 7) is 6.00. The van der Waals surface area contributed by atoms with E-state index in [4.69, 9.17) is 4.74 Å². The van der Waals surface area contributed by atoms with Crippen LogP contribution < -0.4 is 14.9 Å². The summed E-state index contributed by atoms with van der Waals surface area (Å²) in [6, 6.07) is 9.97. The first-order chi connectivity index (χ1) is 14.3. The molecule has 30 heavy (non-hydrogen) atoms. The quantitative estimate of drug-likeness (QED) is 0.698. The second-order valence-electron chi connectivity index (χ2n) is 7.17. The number of anilines is 2. The van der Waals surface area contributed by atoms with Gasteiger partial charge < -0.3 is 15.0 Å². The number of nitrogens with one attached hydrogen (secondary N) is 2. The minimum Gasteiger partial charge on any atom is -0.378 e. The summed E-state index contributed by atoms with van der Waals surface area (Å²) in [7, 11) is -3.64. The number of carbonyl (C=O) groups is 1. The zero-order valence-corrected chi connectivity index (χ0v) is 17.8. The number of hydrogen-bond donors (Lipinski definition) is 2. The van der Waals surface area contributed by atoms with Gasteiger partial charge >= 0.3 is 0 Å². The molecule has 9 heteroatoms. The van der Waals surface area contributed by atoms with Gasteiger partial charge in [0, 0.05) is 30.4 Å². The van der Waals surface area contributed by atoms with Crippen LogP contribution in [-0.4, -0.2) is 46.7 Å². The third-order valence-corrected chi connectivity index (χ3v) is 6.56. The van der Waals surface area contributed by atoms with Crippen LogP contribution in [0.4, 0.5) is 15.8 Å². The monoisotopic (exact) mass is 435 g/mol. The highest BCUT2D eigenvalue weighted by Gasteiger charge is 2.18. The van der Waals surface area contributed by atoms with E-state index in [-0.39, 0.29) is 16.5 Å². The molecule has 1 atom stereocenters. The fraction of sp³-hybridized carbons (Fsp3) is 0.381. The first-order valence-electron chi connectivity index (χ1n) is 9.86. The standard InChI is InChI=1S/C21H26FN3O4S/c1-3-15(2)24-30(27,28)18-7-4-16(5-8-18)21(26)23-17-6-9-20(19(22)14-17)25-10-12-29-13-11-25/h4-9,14-15,24H,3,10-13H2,1-2H3,(H,23,26). The number of morpholine rings is 1. The second-order valence-corrected chi connectivity index (χ2v) is 8.89. The highest BCUT2D eigenvalue weighted by Crippen LogP contribution is 2.24. The molecule has 1 unspecified atom stereocenters. The van der Waals surface area contributed by atoms with Crippen molar-refractivity contribution >= 4 is 27.3 Å². The maximum Gasteiger partial charge on any atom is 0.255 e. The zero-order valence-electron chi connectivity index (χ0n) is 17.0.